The molecule has 0 amide bonds. The number of anilines is 1. The number of benzene rings is 1. The van der Waals surface area contributed by atoms with Gasteiger partial charge >= 0.3 is 0 Å². The van der Waals surface area contributed by atoms with Crippen molar-refractivity contribution in [2.24, 2.45) is 0 Å². The summed E-state index contributed by atoms with van der Waals surface area (Å²) in [4.78, 5) is 1.03. The van der Waals surface area contributed by atoms with Crippen LogP contribution in [0.15, 0.2) is 17.0 Å². The van der Waals surface area contributed by atoms with Gasteiger partial charge in [-0.05, 0) is 12.1 Å². The van der Waals surface area contributed by atoms with E-state index in [1.54, 1.807) is 17.8 Å². The number of hydrogen-bond donors (Lipinski definition) is 1. The largest absolute Gasteiger partial charge is 0.383 e. The van der Waals surface area contributed by atoms with Gasteiger partial charge in [0.1, 0.15) is 5.82 Å². The molecule has 0 atom stereocenters. The van der Waals surface area contributed by atoms with E-state index >= 15 is 0 Å². The fraction of sp³-hybridized carbons (Fsp3) is 0.250. The van der Waals surface area contributed by atoms with Crippen LogP contribution in [0.1, 0.15) is 0 Å². The molecule has 1 aromatic rings. The van der Waals surface area contributed by atoms with Crippen molar-refractivity contribution in [3.63, 3.8) is 0 Å². The van der Waals surface area contributed by atoms with Gasteiger partial charge in [0.05, 0.1) is 10.7 Å². The SMILES string of the molecule is Fc1cc2c(cc1Cl)SCCN2. The van der Waals surface area contributed by atoms with Crippen molar-refractivity contribution in [2.45, 2.75) is 4.90 Å². The molecule has 0 unspecified atom stereocenters. The molecule has 1 aliphatic heterocycles. The molecule has 1 nitrogen and oxygen atoms in total. The predicted octanol–water partition coefficient (Wildman–Crippen LogP) is 3.00. The van der Waals surface area contributed by atoms with E-state index in [4.69, 9.17) is 11.6 Å². The third-order valence-corrected chi connectivity index (χ3v) is 3.04. The highest BCUT2D eigenvalue weighted by Gasteiger charge is 2.11. The fourth-order valence-corrected chi connectivity index (χ4v) is 2.27. The molecule has 1 N–H and O–H groups in total. The van der Waals surface area contributed by atoms with Crippen molar-refractivity contribution < 1.29 is 4.39 Å². The lowest BCUT2D eigenvalue weighted by atomic mass is 10.3. The Morgan fingerprint density at radius 1 is 1.50 bits per heavy atom. The summed E-state index contributed by atoms with van der Waals surface area (Å²) >= 11 is 7.33. The summed E-state index contributed by atoms with van der Waals surface area (Å²) in [5, 5.41) is 3.31. The summed E-state index contributed by atoms with van der Waals surface area (Å²) < 4.78 is 12.9. The maximum atomic E-state index is 12.9. The molecule has 64 valence electrons. The molecule has 1 heterocycles. The molecule has 4 heteroatoms. The third-order valence-electron chi connectivity index (χ3n) is 1.70. The quantitative estimate of drug-likeness (QED) is 0.696. The summed E-state index contributed by atoms with van der Waals surface area (Å²) in [5.41, 5.74) is 0.855. The molecule has 0 radical (unpaired) electrons. The minimum Gasteiger partial charge on any atom is -0.383 e. The standard InChI is InChI=1S/C8H7ClFNS/c9-5-3-8-7(4-6(5)10)11-1-2-12-8/h3-4,11H,1-2H2. The van der Waals surface area contributed by atoms with Gasteiger partial charge in [0.2, 0.25) is 0 Å². The van der Waals surface area contributed by atoms with Gasteiger partial charge in [-0.3, -0.25) is 0 Å². The van der Waals surface area contributed by atoms with Crippen LogP contribution >= 0.6 is 23.4 Å². The van der Waals surface area contributed by atoms with Crippen LogP contribution in [0.4, 0.5) is 10.1 Å². The predicted molar refractivity (Wildman–Crippen MR) is 50.6 cm³/mol. The minimum absolute atomic E-state index is 0.199. The highest BCUT2D eigenvalue weighted by molar-refractivity contribution is 7.99. The lowest BCUT2D eigenvalue weighted by Crippen LogP contribution is -2.10. The van der Waals surface area contributed by atoms with Crippen LogP contribution in [0.5, 0.6) is 0 Å². The molecule has 2 rings (SSSR count). The average Bonchev–Trinajstić information content (AvgIpc) is 2.07. The zero-order valence-electron chi connectivity index (χ0n) is 6.23. The molecule has 0 fully saturated rings. The summed E-state index contributed by atoms with van der Waals surface area (Å²) in [6.07, 6.45) is 0. The molecule has 1 aliphatic rings. The van der Waals surface area contributed by atoms with Gasteiger partial charge in [-0.25, -0.2) is 4.39 Å². The highest BCUT2D eigenvalue weighted by Crippen LogP contribution is 2.34. The first-order valence-electron chi connectivity index (χ1n) is 3.63. The van der Waals surface area contributed by atoms with Gasteiger partial charge in [-0.2, -0.15) is 0 Å². The number of rotatable bonds is 0. The van der Waals surface area contributed by atoms with E-state index in [0.29, 0.717) is 0 Å². The van der Waals surface area contributed by atoms with Gasteiger partial charge in [0.15, 0.2) is 0 Å². The van der Waals surface area contributed by atoms with E-state index in [9.17, 15) is 4.39 Å². The van der Waals surface area contributed by atoms with Gasteiger partial charge in [0.25, 0.3) is 0 Å². The molecule has 12 heavy (non-hydrogen) atoms. The maximum Gasteiger partial charge on any atom is 0.143 e. The average molecular weight is 204 g/mol. The fourth-order valence-electron chi connectivity index (χ4n) is 1.13. The van der Waals surface area contributed by atoms with Crippen LogP contribution in [0.3, 0.4) is 0 Å². The molecular formula is C8H7ClFNS. The van der Waals surface area contributed by atoms with Crippen molar-refractivity contribution in [2.75, 3.05) is 17.6 Å². The molecule has 0 bridgehead atoms. The summed E-state index contributed by atoms with van der Waals surface area (Å²) in [5.74, 6) is 0.653. The zero-order chi connectivity index (χ0) is 8.55. The Morgan fingerprint density at radius 3 is 3.17 bits per heavy atom. The zero-order valence-corrected chi connectivity index (χ0v) is 7.81. The Balaban J connectivity index is 2.49. The molecule has 1 aromatic carbocycles. The Labute approximate surface area is 79.3 Å². The number of fused-ring (bicyclic) bond motifs is 1. The first-order chi connectivity index (χ1) is 5.77. The van der Waals surface area contributed by atoms with Crippen LogP contribution < -0.4 is 5.32 Å². The number of thioether (sulfide) groups is 1. The molecule has 0 aromatic heterocycles. The van der Waals surface area contributed by atoms with Gasteiger partial charge in [-0.15, -0.1) is 11.8 Å². The number of hydrogen-bond acceptors (Lipinski definition) is 2. The second-order valence-electron chi connectivity index (χ2n) is 2.54. The van der Waals surface area contributed by atoms with E-state index < -0.39 is 0 Å². The van der Waals surface area contributed by atoms with Gasteiger partial charge in [-0.1, -0.05) is 11.6 Å². The first-order valence-corrected chi connectivity index (χ1v) is 4.99. The smallest absolute Gasteiger partial charge is 0.143 e. The van der Waals surface area contributed by atoms with Crippen LogP contribution in [-0.2, 0) is 0 Å². The topological polar surface area (TPSA) is 12.0 Å². The van der Waals surface area contributed by atoms with Crippen LogP contribution in [0.25, 0.3) is 0 Å². The van der Waals surface area contributed by atoms with Crippen molar-refractivity contribution >= 4 is 29.1 Å². The number of halogens is 2. The molecular weight excluding hydrogens is 197 g/mol. The second kappa shape index (κ2) is 3.15. The van der Waals surface area contributed by atoms with E-state index in [-0.39, 0.29) is 10.8 Å². The lowest BCUT2D eigenvalue weighted by Gasteiger charge is -2.17. The van der Waals surface area contributed by atoms with Crippen LogP contribution in [0, 0.1) is 5.82 Å². The van der Waals surface area contributed by atoms with Crippen LogP contribution in [0.2, 0.25) is 5.02 Å². The van der Waals surface area contributed by atoms with Crippen molar-refractivity contribution in [1.29, 1.82) is 0 Å². The van der Waals surface area contributed by atoms with E-state index in [1.807, 2.05) is 0 Å². The molecule has 0 saturated heterocycles. The van der Waals surface area contributed by atoms with Crippen molar-refractivity contribution in [1.82, 2.24) is 0 Å². The molecule has 0 spiro atoms. The number of nitrogens with one attached hydrogen (secondary N) is 1. The Bertz CT molecular complexity index is 285. The van der Waals surface area contributed by atoms with Gasteiger partial charge < -0.3 is 5.32 Å². The third kappa shape index (κ3) is 1.39. The summed E-state index contributed by atoms with van der Waals surface area (Å²) in [7, 11) is 0. The van der Waals surface area contributed by atoms with Crippen molar-refractivity contribution in [3.8, 4) is 0 Å². The second-order valence-corrected chi connectivity index (χ2v) is 4.08. The molecule has 0 saturated carbocycles. The van der Waals surface area contributed by atoms with E-state index in [2.05, 4.69) is 5.32 Å². The van der Waals surface area contributed by atoms with Crippen LogP contribution in [-0.4, -0.2) is 12.3 Å². The van der Waals surface area contributed by atoms with E-state index in [0.717, 1.165) is 22.9 Å². The summed E-state index contributed by atoms with van der Waals surface area (Å²) in [6, 6.07) is 3.12. The monoisotopic (exact) mass is 203 g/mol. The maximum absolute atomic E-state index is 12.9. The Hall–Kier alpha value is -0.410. The molecule has 0 aliphatic carbocycles. The summed E-state index contributed by atoms with van der Waals surface area (Å²) in [6.45, 7) is 0.888. The van der Waals surface area contributed by atoms with Gasteiger partial charge in [0, 0.05) is 17.2 Å². The highest BCUT2D eigenvalue weighted by atomic mass is 35.5. The minimum atomic E-state index is -0.356. The van der Waals surface area contributed by atoms with Crippen molar-refractivity contribution in [3.05, 3.63) is 23.0 Å². The Morgan fingerprint density at radius 2 is 2.33 bits per heavy atom. The lowest BCUT2D eigenvalue weighted by molar-refractivity contribution is 0.627. The van der Waals surface area contributed by atoms with E-state index in [1.165, 1.54) is 6.07 Å². The Kier molecular flexibility index (Phi) is 2.15. The first kappa shape index (κ1) is 8.20. The normalized spacial score (nSPS) is 15.2.